The molecule has 0 bridgehead atoms. The number of fused-ring (bicyclic) bond motifs is 1. The van der Waals surface area contributed by atoms with Crippen molar-refractivity contribution in [3.63, 3.8) is 0 Å². The third kappa shape index (κ3) is 5.36. The first-order chi connectivity index (χ1) is 16.5. The van der Waals surface area contributed by atoms with Crippen molar-refractivity contribution in [1.29, 1.82) is 0 Å². The molecule has 4 amide bonds. The van der Waals surface area contributed by atoms with E-state index in [1.54, 1.807) is 0 Å². The molecule has 0 atom stereocenters. The van der Waals surface area contributed by atoms with Crippen LogP contribution in [-0.4, -0.2) is 84.4 Å². The van der Waals surface area contributed by atoms with E-state index in [2.05, 4.69) is 15.5 Å². The van der Waals surface area contributed by atoms with Crippen molar-refractivity contribution in [2.24, 2.45) is 0 Å². The van der Waals surface area contributed by atoms with Gasteiger partial charge in [-0.2, -0.15) is 0 Å². The minimum atomic E-state index is -0.295. The molecule has 9 heteroatoms. The summed E-state index contributed by atoms with van der Waals surface area (Å²) in [6.07, 6.45) is 3.53. The van der Waals surface area contributed by atoms with Crippen molar-refractivity contribution < 1.29 is 14.4 Å². The average Bonchev–Trinajstić information content (AvgIpc) is 3.21. The van der Waals surface area contributed by atoms with E-state index >= 15 is 0 Å². The zero-order chi connectivity index (χ0) is 24.1. The molecule has 2 aliphatic rings. The first kappa shape index (κ1) is 24.5. The number of anilines is 1. The van der Waals surface area contributed by atoms with Crippen LogP contribution in [0.15, 0.2) is 24.3 Å². The molecule has 0 aliphatic carbocycles. The van der Waals surface area contributed by atoms with Gasteiger partial charge in [0.2, 0.25) is 5.91 Å². The summed E-state index contributed by atoms with van der Waals surface area (Å²) in [7, 11) is 0. The van der Waals surface area contributed by atoms with E-state index in [4.69, 9.17) is 0 Å². The molecule has 3 heterocycles. The molecular formula is C25H35N5O3S. The Labute approximate surface area is 205 Å². The number of nitrogens with zero attached hydrogens (tertiary/aromatic N) is 3. The number of thiophene rings is 1. The molecule has 2 N–H and O–H groups in total. The number of benzene rings is 1. The van der Waals surface area contributed by atoms with Crippen molar-refractivity contribution in [2.45, 2.75) is 45.6 Å². The Morgan fingerprint density at radius 3 is 2.35 bits per heavy atom. The summed E-state index contributed by atoms with van der Waals surface area (Å²) >= 11 is 1.44. The number of carbonyl (C=O) groups excluding carboxylic acids is 3. The third-order valence-electron chi connectivity index (χ3n) is 6.77. The molecule has 1 aromatic carbocycles. The second-order valence-corrected chi connectivity index (χ2v) is 10.0. The van der Waals surface area contributed by atoms with E-state index in [0.29, 0.717) is 42.7 Å². The quantitative estimate of drug-likeness (QED) is 0.655. The number of hydrogen-bond acceptors (Lipinski definition) is 5. The van der Waals surface area contributed by atoms with Gasteiger partial charge >= 0.3 is 6.03 Å². The summed E-state index contributed by atoms with van der Waals surface area (Å²) in [6, 6.07) is 7.98. The van der Waals surface area contributed by atoms with Crippen LogP contribution in [0.2, 0.25) is 0 Å². The Morgan fingerprint density at radius 1 is 0.971 bits per heavy atom. The second kappa shape index (κ2) is 11.2. The number of piperazine rings is 1. The first-order valence-corrected chi connectivity index (χ1v) is 13.2. The molecule has 34 heavy (non-hydrogen) atoms. The van der Waals surface area contributed by atoms with E-state index in [1.807, 2.05) is 47.9 Å². The molecule has 2 aliphatic heterocycles. The highest BCUT2D eigenvalue weighted by Gasteiger charge is 2.32. The summed E-state index contributed by atoms with van der Waals surface area (Å²) in [4.78, 5) is 44.4. The molecule has 1 aromatic heterocycles. The summed E-state index contributed by atoms with van der Waals surface area (Å²) in [5, 5.41) is 7.11. The van der Waals surface area contributed by atoms with E-state index in [9.17, 15) is 14.4 Å². The predicted octanol–water partition coefficient (Wildman–Crippen LogP) is 3.59. The maximum atomic E-state index is 13.6. The van der Waals surface area contributed by atoms with Gasteiger partial charge < -0.3 is 15.1 Å². The number of amides is 4. The molecule has 0 unspecified atom stereocenters. The minimum Gasteiger partial charge on any atom is -0.343 e. The lowest BCUT2D eigenvalue weighted by molar-refractivity contribution is -0.132. The lowest BCUT2D eigenvalue weighted by Crippen LogP contribution is -2.54. The number of likely N-dealkylation sites (tertiary alicyclic amines) is 1. The van der Waals surface area contributed by atoms with Gasteiger partial charge in [0.05, 0.1) is 5.56 Å². The van der Waals surface area contributed by atoms with Crippen LogP contribution in [0.1, 0.15) is 49.9 Å². The molecule has 2 aromatic rings. The maximum Gasteiger partial charge on any atom is 0.319 e. The molecule has 0 radical (unpaired) electrons. The number of nitrogens with one attached hydrogen (secondary N) is 2. The Kier molecular flexibility index (Phi) is 8.05. The largest absolute Gasteiger partial charge is 0.343 e. The second-order valence-electron chi connectivity index (χ2n) is 8.98. The lowest BCUT2D eigenvalue weighted by atomic mass is 10.0. The topological polar surface area (TPSA) is 85.0 Å². The number of hydrogen-bond donors (Lipinski definition) is 2. The number of carbonyl (C=O) groups is 3. The Bertz CT molecular complexity index is 1020. The van der Waals surface area contributed by atoms with Crippen LogP contribution in [0.25, 0.3) is 10.1 Å². The molecule has 8 nitrogen and oxygen atoms in total. The van der Waals surface area contributed by atoms with Crippen LogP contribution in [0.4, 0.5) is 9.80 Å². The third-order valence-corrected chi connectivity index (χ3v) is 7.86. The SMILES string of the molecule is CCCC(=O)N1CCC(N2CCN(C(=O)c3c(NC(=O)NCC)sc4ccccc34)CC2)CC1. The van der Waals surface area contributed by atoms with Gasteiger partial charge in [0.25, 0.3) is 5.91 Å². The molecule has 2 saturated heterocycles. The van der Waals surface area contributed by atoms with Crippen molar-refractivity contribution in [1.82, 2.24) is 20.0 Å². The van der Waals surface area contributed by atoms with Gasteiger partial charge in [0, 0.05) is 68.4 Å². The standard InChI is InChI=1S/C25H35N5O3S/c1-3-7-21(31)29-12-10-18(11-13-29)28-14-16-30(17-15-28)24(32)22-19-8-5-6-9-20(19)34-23(22)27-25(33)26-4-2/h5-6,8-9,18H,3-4,7,10-17H2,1-2H3,(H2,26,27,33). The summed E-state index contributed by atoms with van der Waals surface area (Å²) in [6.45, 7) is 9.09. The predicted molar refractivity (Wildman–Crippen MR) is 137 cm³/mol. The van der Waals surface area contributed by atoms with E-state index < -0.39 is 0 Å². The Balaban J connectivity index is 1.39. The fraction of sp³-hybridized carbons (Fsp3) is 0.560. The molecule has 4 rings (SSSR count). The zero-order valence-corrected chi connectivity index (χ0v) is 21.0. The normalized spacial score (nSPS) is 17.7. The lowest BCUT2D eigenvalue weighted by Gasteiger charge is -2.42. The summed E-state index contributed by atoms with van der Waals surface area (Å²) in [5.74, 6) is 0.250. The van der Waals surface area contributed by atoms with Crippen molar-refractivity contribution in [2.75, 3.05) is 51.1 Å². The number of piperidine rings is 1. The van der Waals surface area contributed by atoms with E-state index in [1.165, 1.54) is 11.3 Å². The van der Waals surface area contributed by atoms with Gasteiger partial charge in [-0.15, -0.1) is 11.3 Å². The van der Waals surface area contributed by atoms with Gasteiger partial charge in [0.15, 0.2) is 0 Å². The van der Waals surface area contributed by atoms with E-state index in [-0.39, 0.29) is 17.8 Å². The highest BCUT2D eigenvalue weighted by atomic mass is 32.1. The van der Waals surface area contributed by atoms with Crippen LogP contribution < -0.4 is 10.6 Å². The highest BCUT2D eigenvalue weighted by molar-refractivity contribution is 7.23. The zero-order valence-electron chi connectivity index (χ0n) is 20.1. The maximum absolute atomic E-state index is 13.6. The van der Waals surface area contributed by atoms with Crippen molar-refractivity contribution in [3.8, 4) is 0 Å². The van der Waals surface area contributed by atoms with Crippen LogP contribution in [0, 0.1) is 0 Å². The number of urea groups is 1. The molecule has 184 valence electrons. The molecule has 2 fully saturated rings. The summed E-state index contributed by atoms with van der Waals surface area (Å²) in [5.41, 5.74) is 0.586. The minimum absolute atomic E-state index is 0.0242. The van der Waals surface area contributed by atoms with Gasteiger partial charge in [-0.25, -0.2) is 4.79 Å². The van der Waals surface area contributed by atoms with Crippen LogP contribution in [0.5, 0.6) is 0 Å². The first-order valence-electron chi connectivity index (χ1n) is 12.4. The van der Waals surface area contributed by atoms with Crippen LogP contribution >= 0.6 is 11.3 Å². The van der Waals surface area contributed by atoms with Gasteiger partial charge in [-0.1, -0.05) is 25.1 Å². The molecule has 0 spiro atoms. The van der Waals surface area contributed by atoms with E-state index in [0.717, 1.165) is 55.5 Å². The average molecular weight is 486 g/mol. The van der Waals surface area contributed by atoms with Crippen LogP contribution in [-0.2, 0) is 4.79 Å². The molecule has 0 saturated carbocycles. The monoisotopic (exact) mass is 485 g/mol. The fourth-order valence-corrected chi connectivity index (χ4v) is 6.04. The van der Waals surface area contributed by atoms with Crippen molar-refractivity contribution in [3.05, 3.63) is 29.8 Å². The van der Waals surface area contributed by atoms with Gasteiger partial charge in [0.1, 0.15) is 5.00 Å². The number of rotatable bonds is 6. The van der Waals surface area contributed by atoms with Gasteiger partial charge in [-0.05, 0) is 32.3 Å². The Morgan fingerprint density at radius 2 is 1.68 bits per heavy atom. The van der Waals surface area contributed by atoms with Crippen molar-refractivity contribution >= 4 is 44.3 Å². The summed E-state index contributed by atoms with van der Waals surface area (Å²) < 4.78 is 0.987. The fourth-order valence-electron chi connectivity index (χ4n) is 4.95. The van der Waals surface area contributed by atoms with Crippen LogP contribution in [0.3, 0.4) is 0 Å². The highest BCUT2D eigenvalue weighted by Crippen LogP contribution is 2.36. The molecular weight excluding hydrogens is 450 g/mol. The van der Waals surface area contributed by atoms with Gasteiger partial charge in [-0.3, -0.25) is 19.8 Å². The smallest absolute Gasteiger partial charge is 0.319 e. The Hall–Kier alpha value is -2.65.